The number of ether oxygens (including phenoxy) is 5. The van der Waals surface area contributed by atoms with Crippen molar-refractivity contribution in [1.82, 2.24) is 19.1 Å². The summed E-state index contributed by atoms with van der Waals surface area (Å²) >= 11 is 0. The third-order valence-corrected chi connectivity index (χ3v) is 13.7. The normalized spacial score (nSPS) is 16.9. The molecule has 0 spiro atoms. The van der Waals surface area contributed by atoms with Crippen LogP contribution in [0.5, 0.6) is 17.2 Å². The van der Waals surface area contributed by atoms with Gasteiger partial charge in [-0.05, 0) is 114 Å². The maximum absolute atomic E-state index is 13.8. The van der Waals surface area contributed by atoms with E-state index in [9.17, 15) is 14.4 Å². The standard InChI is InChI=1S/C50H63N4O10P/c1-33(2)52(48(56)37-16-22-41(58-8)23-17-37)28-29-62-65(54(34(3)4)35(5)6)64-44-30-46(53-31-36(7)47(55)51-49(53)57)63-45(44)32-61-50(38-14-12-11-13-15-38,39-18-24-42(59-9)25-19-39)40-20-26-43(60-10)27-21-40/h11-27,31,33-35,44-46H,28-30,32H2,1-10H3,(H,51,55,57)/t44-,45+,46+,65-/m0/s1. The van der Waals surface area contributed by atoms with Crippen molar-refractivity contribution >= 4 is 14.4 Å². The Hall–Kier alpha value is -5.34. The molecule has 348 valence electrons. The summed E-state index contributed by atoms with van der Waals surface area (Å²) in [6.07, 6.45) is -0.455. The first kappa shape index (κ1) is 49.1. The van der Waals surface area contributed by atoms with Crippen LogP contribution >= 0.6 is 8.53 Å². The average molecular weight is 911 g/mol. The molecule has 0 bridgehead atoms. The van der Waals surface area contributed by atoms with Crippen LogP contribution in [-0.2, 0) is 24.1 Å². The van der Waals surface area contributed by atoms with Gasteiger partial charge < -0.3 is 37.6 Å². The van der Waals surface area contributed by atoms with E-state index in [1.807, 2.05) is 92.7 Å². The van der Waals surface area contributed by atoms with Gasteiger partial charge in [-0.3, -0.25) is 19.1 Å². The highest BCUT2D eigenvalue weighted by Crippen LogP contribution is 2.50. The zero-order valence-electron chi connectivity index (χ0n) is 39.1. The molecule has 0 unspecified atom stereocenters. The zero-order chi connectivity index (χ0) is 46.8. The van der Waals surface area contributed by atoms with E-state index in [2.05, 4.69) is 37.3 Å². The predicted octanol–water partition coefficient (Wildman–Crippen LogP) is 8.47. The Bertz CT molecular complexity index is 2350. The van der Waals surface area contributed by atoms with Gasteiger partial charge in [-0.1, -0.05) is 54.6 Å². The number of benzene rings is 4. The number of H-pyrrole nitrogens is 1. The minimum Gasteiger partial charge on any atom is -0.497 e. The van der Waals surface area contributed by atoms with Crippen molar-refractivity contribution in [3.63, 3.8) is 0 Å². The second-order valence-corrected chi connectivity index (χ2v) is 18.2. The van der Waals surface area contributed by atoms with Gasteiger partial charge in [0, 0.05) is 48.4 Å². The Kier molecular flexibility index (Phi) is 16.8. The molecule has 65 heavy (non-hydrogen) atoms. The lowest BCUT2D eigenvalue weighted by molar-refractivity contribution is -0.0926. The van der Waals surface area contributed by atoms with Crippen LogP contribution < -0.4 is 25.5 Å². The maximum Gasteiger partial charge on any atom is 0.330 e. The van der Waals surface area contributed by atoms with E-state index < -0.39 is 43.8 Å². The van der Waals surface area contributed by atoms with E-state index in [-0.39, 0.29) is 43.7 Å². The van der Waals surface area contributed by atoms with E-state index in [4.69, 9.17) is 32.7 Å². The van der Waals surface area contributed by atoms with Gasteiger partial charge in [0.25, 0.3) is 20.0 Å². The van der Waals surface area contributed by atoms with Crippen molar-refractivity contribution in [2.75, 3.05) is 41.1 Å². The van der Waals surface area contributed by atoms with Crippen molar-refractivity contribution in [3.8, 4) is 17.2 Å². The number of carbonyl (C=O) groups excluding carboxylic acids is 1. The molecular formula is C50H63N4O10P. The number of nitrogens with one attached hydrogen (secondary N) is 1. The summed E-state index contributed by atoms with van der Waals surface area (Å²) in [5.74, 6) is 1.93. The molecule has 0 radical (unpaired) electrons. The minimum atomic E-state index is -1.79. The predicted molar refractivity (Wildman–Crippen MR) is 252 cm³/mol. The van der Waals surface area contributed by atoms with Gasteiger partial charge in [0.2, 0.25) is 0 Å². The van der Waals surface area contributed by atoms with E-state index in [0.29, 0.717) is 34.9 Å². The first-order valence-corrected chi connectivity index (χ1v) is 23.1. The first-order chi connectivity index (χ1) is 31.2. The van der Waals surface area contributed by atoms with Crippen molar-refractivity contribution < 1.29 is 37.5 Å². The fourth-order valence-corrected chi connectivity index (χ4v) is 9.91. The summed E-state index contributed by atoms with van der Waals surface area (Å²) in [6, 6.07) is 32.5. The van der Waals surface area contributed by atoms with Crippen LogP contribution in [-0.4, -0.2) is 96.4 Å². The molecule has 5 aromatic rings. The summed E-state index contributed by atoms with van der Waals surface area (Å²) < 4.78 is 48.1. The summed E-state index contributed by atoms with van der Waals surface area (Å²) in [5, 5.41) is 0. The lowest BCUT2D eigenvalue weighted by Crippen LogP contribution is -2.41. The number of hydrogen-bond donors (Lipinski definition) is 1. The molecule has 1 aromatic heterocycles. The van der Waals surface area contributed by atoms with Crippen molar-refractivity contribution in [3.05, 3.63) is 158 Å². The Morgan fingerprint density at radius 1 is 0.769 bits per heavy atom. The van der Waals surface area contributed by atoms with Gasteiger partial charge in [-0.15, -0.1) is 0 Å². The zero-order valence-corrected chi connectivity index (χ0v) is 40.0. The fraction of sp³-hybridized carbons (Fsp3) is 0.420. The molecule has 1 fully saturated rings. The van der Waals surface area contributed by atoms with Gasteiger partial charge in [0.05, 0.1) is 40.6 Å². The van der Waals surface area contributed by atoms with Crippen LogP contribution in [0.3, 0.4) is 0 Å². The lowest BCUT2D eigenvalue weighted by Gasteiger charge is -2.39. The molecule has 1 aliphatic heterocycles. The molecule has 2 heterocycles. The molecular weight excluding hydrogens is 848 g/mol. The fourth-order valence-electron chi connectivity index (χ4n) is 8.17. The topological polar surface area (TPSA) is 143 Å². The van der Waals surface area contributed by atoms with Gasteiger partial charge in [0.1, 0.15) is 35.2 Å². The van der Waals surface area contributed by atoms with Gasteiger partial charge in [0.15, 0.2) is 0 Å². The van der Waals surface area contributed by atoms with E-state index >= 15 is 0 Å². The largest absolute Gasteiger partial charge is 0.497 e. The minimum absolute atomic E-state index is 0.00915. The monoisotopic (exact) mass is 910 g/mol. The molecule has 1 saturated heterocycles. The number of amides is 1. The molecule has 15 heteroatoms. The summed E-state index contributed by atoms with van der Waals surface area (Å²) in [5.41, 5.74) is 1.22. The van der Waals surface area contributed by atoms with Crippen LogP contribution in [0, 0.1) is 6.92 Å². The number of aryl methyl sites for hydroxylation is 1. The number of hydrogen-bond acceptors (Lipinski definition) is 11. The average Bonchev–Trinajstić information content (AvgIpc) is 3.71. The number of carbonyl (C=O) groups is 1. The molecule has 4 atom stereocenters. The number of aromatic amines is 1. The third-order valence-electron chi connectivity index (χ3n) is 11.5. The Balaban J connectivity index is 1.38. The van der Waals surface area contributed by atoms with Crippen LogP contribution in [0.25, 0.3) is 0 Å². The van der Waals surface area contributed by atoms with Gasteiger partial charge in [-0.2, -0.15) is 0 Å². The van der Waals surface area contributed by atoms with Crippen LogP contribution in [0.1, 0.15) is 86.8 Å². The van der Waals surface area contributed by atoms with Crippen LogP contribution in [0.15, 0.2) is 119 Å². The Labute approximate surface area is 383 Å². The molecule has 1 amide bonds. The second kappa shape index (κ2) is 22.2. The lowest BCUT2D eigenvalue weighted by atomic mass is 9.80. The highest BCUT2D eigenvalue weighted by atomic mass is 31.2. The quantitative estimate of drug-likeness (QED) is 0.0560. The molecule has 0 aliphatic carbocycles. The Morgan fingerprint density at radius 2 is 1.29 bits per heavy atom. The van der Waals surface area contributed by atoms with E-state index in [1.54, 1.807) is 57.4 Å². The number of aromatic nitrogens is 2. The SMILES string of the molecule is COc1ccc(C(=O)N(CCO[P@@](O[C@H]2C[C@H](n3cc(C)c(=O)[nH]c3=O)O[C@@H]2COC(c2ccccc2)(c2ccc(OC)cc2)c2ccc(OC)cc2)N(C(C)C)C(C)C)C(C)C)cc1. The van der Waals surface area contributed by atoms with Gasteiger partial charge in [-0.25, -0.2) is 9.46 Å². The first-order valence-electron chi connectivity index (χ1n) is 22.0. The highest BCUT2D eigenvalue weighted by Gasteiger charge is 2.45. The van der Waals surface area contributed by atoms with Crippen molar-refractivity contribution in [2.45, 2.75) is 97.0 Å². The molecule has 4 aromatic carbocycles. The third kappa shape index (κ3) is 11.4. The summed E-state index contributed by atoms with van der Waals surface area (Å²) in [4.78, 5) is 43.9. The molecule has 14 nitrogen and oxygen atoms in total. The summed E-state index contributed by atoms with van der Waals surface area (Å²) in [7, 11) is 3.06. The van der Waals surface area contributed by atoms with Crippen molar-refractivity contribution in [2.24, 2.45) is 0 Å². The molecule has 1 N–H and O–H groups in total. The maximum atomic E-state index is 13.8. The number of nitrogens with zero attached hydrogens (tertiary/aromatic N) is 3. The Morgan fingerprint density at radius 3 is 1.80 bits per heavy atom. The smallest absolute Gasteiger partial charge is 0.330 e. The molecule has 6 rings (SSSR count). The van der Waals surface area contributed by atoms with Gasteiger partial charge >= 0.3 is 5.69 Å². The van der Waals surface area contributed by atoms with Crippen LogP contribution in [0.4, 0.5) is 0 Å². The van der Waals surface area contributed by atoms with E-state index in [1.165, 1.54) is 10.8 Å². The number of rotatable bonds is 21. The summed E-state index contributed by atoms with van der Waals surface area (Å²) in [6.45, 7) is 14.4. The second-order valence-electron chi connectivity index (χ2n) is 16.8. The van der Waals surface area contributed by atoms with E-state index in [0.717, 1.165) is 16.7 Å². The van der Waals surface area contributed by atoms with Crippen LogP contribution in [0.2, 0.25) is 0 Å². The highest BCUT2D eigenvalue weighted by molar-refractivity contribution is 7.44. The van der Waals surface area contributed by atoms with Crippen molar-refractivity contribution in [1.29, 1.82) is 0 Å². The molecule has 0 saturated carbocycles. The molecule has 1 aliphatic rings. The number of methoxy groups -OCH3 is 3.